The summed E-state index contributed by atoms with van der Waals surface area (Å²) in [6.45, 7) is 3.93. The van der Waals surface area contributed by atoms with Gasteiger partial charge < -0.3 is 5.32 Å². The molecule has 1 aliphatic heterocycles. The Morgan fingerprint density at radius 1 is 1.45 bits per heavy atom. The highest BCUT2D eigenvalue weighted by Gasteiger charge is 2.27. The Morgan fingerprint density at radius 2 is 2.35 bits per heavy atom. The molecular formula is C14H20N6. The molecule has 1 saturated heterocycles. The Hall–Kier alpha value is -1.95. The van der Waals surface area contributed by atoms with Gasteiger partial charge in [0.25, 0.3) is 0 Å². The van der Waals surface area contributed by atoms with Gasteiger partial charge in [-0.3, -0.25) is 10.00 Å². The maximum Gasteiger partial charge on any atom is 0.129 e. The molecule has 6 nitrogen and oxygen atoms in total. The normalized spacial score (nSPS) is 19.4. The SMILES string of the molecule is CNc1cc([C@H]2CCCN2Cc2ccn[nH]2)nc(C)n1. The van der Waals surface area contributed by atoms with E-state index in [2.05, 4.69) is 36.4 Å². The molecule has 0 unspecified atom stereocenters. The fourth-order valence-corrected chi connectivity index (χ4v) is 2.83. The standard InChI is InChI=1S/C14H20N6/c1-10-17-12(8-14(15-2)18-10)13-4-3-7-20(13)9-11-5-6-16-19-11/h5-6,8,13H,3-4,7,9H2,1-2H3,(H,16,19)(H,15,17,18)/t13-/m1/s1. The first-order valence-electron chi connectivity index (χ1n) is 7.02. The van der Waals surface area contributed by atoms with E-state index in [1.54, 1.807) is 6.20 Å². The van der Waals surface area contributed by atoms with Gasteiger partial charge in [-0.1, -0.05) is 0 Å². The zero-order valence-corrected chi connectivity index (χ0v) is 11.9. The van der Waals surface area contributed by atoms with Crippen LogP contribution in [-0.2, 0) is 6.54 Å². The lowest BCUT2D eigenvalue weighted by molar-refractivity contribution is 0.241. The van der Waals surface area contributed by atoms with Gasteiger partial charge in [-0.2, -0.15) is 5.10 Å². The van der Waals surface area contributed by atoms with Crippen LogP contribution in [-0.4, -0.2) is 38.7 Å². The van der Waals surface area contributed by atoms with E-state index in [1.807, 2.05) is 20.0 Å². The molecular weight excluding hydrogens is 252 g/mol. The topological polar surface area (TPSA) is 69.7 Å². The number of nitrogens with one attached hydrogen (secondary N) is 2. The molecule has 1 atom stereocenters. The fourth-order valence-electron chi connectivity index (χ4n) is 2.83. The third-order valence-corrected chi connectivity index (χ3v) is 3.75. The Kier molecular flexibility index (Phi) is 3.64. The van der Waals surface area contributed by atoms with Crippen LogP contribution in [0.2, 0.25) is 0 Å². The van der Waals surface area contributed by atoms with Crippen LogP contribution in [0.3, 0.4) is 0 Å². The summed E-state index contributed by atoms with van der Waals surface area (Å²) < 4.78 is 0. The molecule has 0 spiro atoms. The number of likely N-dealkylation sites (tertiary alicyclic amines) is 1. The minimum absolute atomic E-state index is 0.368. The first kappa shape index (κ1) is 13.1. The third kappa shape index (κ3) is 2.65. The van der Waals surface area contributed by atoms with Crippen molar-refractivity contribution in [2.24, 2.45) is 0 Å². The van der Waals surface area contributed by atoms with Crippen molar-refractivity contribution in [3.8, 4) is 0 Å². The van der Waals surface area contributed by atoms with Crippen molar-refractivity contribution in [1.29, 1.82) is 0 Å². The van der Waals surface area contributed by atoms with Gasteiger partial charge in [0.15, 0.2) is 0 Å². The number of hydrogen-bond donors (Lipinski definition) is 2. The maximum atomic E-state index is 4.62. The third-order valence-electron chi connectivity index (χ3n) is 3.75. The summed E-state index contributed by atoms with van der Waals surface area (Å²) in [6.07, 6.45) is 4.15. The number of aromatic amines is 1. The summed E-state index contributed by atoms with van der Waals surface area (Å²) in [4.78, 5) is 11.4. The first-order valence-corrected chi connectivity index (χ1v) is 7.02. The van der Waals surface area contributed by atoms with Gasteiger partial charge in [-0.05, 0) is 32.4 Å². The molecule has 3 rings (SSSR count). The Labute approximate surface area is 118 Å². The minimum Gasteiger partial charge on any atom is -0.373 e. The van der Waals surface area contributed by atoms with Crippen LogP contribution in [0.1, 0.15) is 36.1 Å². The number of anilines is 1. The molecule has 2 N–H and O–H groups in total. The molecule has 0 aromatic carbocycles. The molecule has 3 heterocycles. The average Bonchev–Trinajstić information content (AvgIpc) is 3.10. The minimum atomic E-state index is 0.368. The number of aromatic nitrogens is 4. The molecule has 0 bridgehead atoms. The summed E-state index contributed by atoms with van der Waals surface area (Å²) in [6, 6.07) is 4.45. The van der Waals surface area contributed by atoms with Gasteiger partial charge in [0.05, 0.1) is 11.7 Å². The van der Waals surface area contributed by atoms with Gasteiger partial charge in [-0.15, -0.1) is 0 Å². The van der Waals surface area contributed by atoms with Gasteiger partial charge in [0.2, 0.25) is 0 Å². The predicted octanol–water partition coefficient (Wildman–Crippen LogP) is 1.89. The molecule has 1 fully saturated rings. The number of aryl methyl sites for hydroxylation is 1. The number of H-pyrrole nitrogens is 1. The second-order valence-corrected chi connectivity index (χ2v) is 5.19. The monoisotopic (exact) mass is 272 g/mol. The van der Waals surface area contributed by atoms with Crippen molar-refractivity contribution in [2.45, 2.75) is 32.4 Å². The average molecular weight is 272 g/mol. The molecule has 20 heavy (non-hydrogen) atoms. The van der Waals surface area contributed by atoms with E-state index in [9.17, 15) is 0 Å². The van der Waals surface area contributed by atoms with Gasteiger partial charge in [0, 0.05) is 31.5 Å². The van der Waals surface area contributed by atoms with Crippen LogP contribution in [0.4, 0.5) is 5.82 Å². The van der Waals surface area contributed by atoms with Crippen LogP contribution in [0.5, 0.6) is 0 Å². The lowest BCUT2D eigenvalue weighted by Crippen LogP contribution is -2.24. The summed E-state index contributed by atoms with van der Waals surface area (Å²) in [5, 5.41) is 10.2. The Morgan fingerprint density at radius 3 is 3.10 bits per heavy atom. The van der Waals surface area contributed by atoms with E-state index in [0.29, 0.717) is 6.04 Å². The van der Waals surface area contributed by atoms with Crippen LogP contribution in [0.15, 0.2) is 18.3 Å². The zero-order valence-electron chi connectivity index (χ0n) is 11.9. The second-order valence-electron chi connectivity index (χ2n) is 5.19. The zero-order chi connectivity index (χ0) is 13.9. The van der Waals surface area contributed by atoms with Crippen LogP contribution < -0.4 is 5.32 Å². The van der Waals surface area contributed by atoms with E-state index in [-0.39, 0.29) is 0 Å². The van der Waals surface area contributed by atoms with Crippen LogP contribution in [0, 0.1) is 6.92 Å². The highest BCUT2D eigenvalue weighted by Crippen LogP contribution is 2.32. The van der Waals surface area contributed by atoms with E-state index in [1.165, 1.54) is 6.42 Å². The van der Waals surface area contributed by atoms with Gasteiger partial charge in [0.1, 0.15) is 11.6 Å². The molecule has 2 aromatic heterocycles. The number of rotatable bonds is 4. The van der Waals surface area contributed by atoms with Crippen molar-refractivity contribution in [3.63, 3.8) is 0 Å². The highest BCUT2D eigenvalue weighted by atomic mass is 15.2. The molecule has 0 radical (unpaired) electrons. The molecule has 6 heteroatoms. The quantitative estimate of drug-likeness (QED) is 0.889. The second kappa shape index (κ2) is 5.58. The van der Waals surface area contributed by atoms with Crippen molar-refractivity contribution in [3.05, 3.63) is 35.5 Å². The lowest BCUT2D eigenvalue weighted by Gasteiger charge is -2.23. The predicted molar refractivity (Wildman–Crippen MR) is 77.3 cm³/mol. The van der Waals surface area contributed by atoms with Crippen molar-refractivity contribution < 1.29 is 0 Å². The number of nitrogens with zero attached hydrogens (tertiary/aromatic N) is 4. The molecule has 0 saturated carbocycles. The maximum absolute atomic E-state index is 4.62. The Bertz CT molecular complexity index is 565. The summed E-state index contributed by atoms with van der Waals surface area (Å²) >= 11 is 0. The van der Waals surface area contributed by atoms with Crippen molar-refractivity contribution >= 4 is 5.82 Å². The summed E-state index contributed by atoms with van der Waals surface area (Å²) in [5.74, 6) is 1.71. The lowest BCUT2D eigenvalue weighted by atomic mass is 10.1. The Balaban J connectivity index is 1.82. The molecule has 2 aromatic rings. The molecule has 0 amide bonds. The van der Waals surface area contributed by atoms with Gasteiger partial charge in [-0.25, -0.2) is 9.97 Å². The van der Waals surface area contributed by atoms with E-state index < -0.39 is 0 Å². The molecule has 106 valence electrons. The van der Waals surface area contributed by atoms with Crippen molar-refractivity contribution in [2.75, 3.05) is 18.9 Å². The van der Waals surface area contributed by atoms with E-state index in [4.69, 9.17) is 0 Å². The fraction of sp³-hybridized carbons (Fsp3) is 0.500. The smallest absolute Gasteiger partial charge is 0.129 e. The number of hydrogen-bond acceptors (Lipinski definition) is 5. The highest BCUT2D eigenvalue weighted by molar-refractivity contribution is 5.36. The van der Waals surface area contributed by atoms with Crippen LogP contribution >= 0.6 is 0 Å². The summed E-state index contributed by atoms with van der Waals surface area (Å²) in [5.41, 5.74) is 2.26. The van der Waals surface area contributed by atoms with Crippen molar-refractivity contribution in [1.82, 2.24) is 25.1 Å². The summed E-state index contributed by atoms with van der Waals surface area (Å²) in [7, 11) is 1.89. The first-order chi connectivity index (χ1) is 9.76. The van der Waals surface area contributed by atoms with Crippen LogP contribution in [0.25, 0.3) is 0 Å². The largest absolute Gasteiger partial charge is 0.373 e. The van der Waals surface area contributed by atoms with E-state index in [0.717, 1.165) is 42.5 Å². The molecule has 0 aliphatic carbocycles. The van der Waals surface area contributed by atoms with Gasteiger partial charge >= 0.3 is 0 Å². The molecule has 1 aliphatic rings. The van der Waals surface area contributed by atoms with E-state index >= 15 is 0 Å².